The Kier molecular flexibility index (Phi) is 7.00. The van der Waals surface area contributed by atoms with E-state index in [-0.39, 0.29) is 15.8 Å². The average molecular weight is 355 g/mol. The monoisotopic (exact) mass is 353 g/mol. The zero-order chi connectivity index (χ0) is 13.5. The summed E-state index contributed by atoms with van der Waals surface area (Å²) in [4.78, 5) is 12.1. The molecule has 1 rings (SSSR count). The fourth-order valence-electron chi connectivity index (χ4n) is 1.38. The molecular formula is C12H14BrCl2NO2. The molecule has 0 bridgehead atoms. The highest BCUT2D eigenvalue weighted by Crippen LogP contribution is 2.25. The molecule has 0 spiro atoms. The Balaban J connectivity index is 2.48. The number of benzene rings is 1. The van der Waals surface area contributed by atoms with Crippen LogP contribution in [0.25, 0.3) is 0 Å². The molecule has 0 saturated carbocycles. The zero-order valence-electron chi connectivity index (χ0n) is 9.88. The average Bonchev–Trinajstić information content (AvgIpc) is 2.33. The number of ether oxygens (including phenoxy) is 1. The first-order valence-electron chi connectivity index (χ1n) is 5.41. The number of nitrogens with one attached hydrogen (secondary N) is 1. The van der Waals surface area contributed by atoms with E-state index in [4.69, 9.17) is 27.9 Å². The van der Waals surface area contributed by atoms with Crippen molar-refractivity contribution in [3.8, 4) is 0 Å². The van der Waals surface area contributed by atoms with Gasteiger partial charge in [-0.3, -0.25) is 4.79 Å². The summed E-state index contributed by atoms with van der Waals surface area (Å²) in [6, 6.07) is 4.99. The molecule has 1 aromatic rings. The summed E-state index contributed by atoms with van der Waals surface area (Å²) in [5, 5.41) is 3.45. The molecule has 0 aromatic heterocycles. The summed E-state index contributed by atoms with van der Waals surface area (Å²) >= 11 is 15.3. The fourth-order valence-corrected chi connectivity index (χ4v) is 2.26. The lowest BCUT2D eigenvalue weighted by Gasteiger charge is -2.10. The van der Waals surface area contributed by atoms with Gasteiger partial charge in [0.2, 0.25) is 0 Å². The van der Waals surface area contributed by atoms with Gasteiger partial charge in [-0.2, -0.15) is 0 Å². The van der Waals surface area contributed by atoms with Gasteiger partial charge in [0.15, 0.2) is 0 Å². The van der Waals surface area contributed by atoms with Crippen molar-refractivity contribution in [2.24, 2.45) is 0 Å². The van der Waals surface area contributed by atoms with Crippen LogP contribution in [0.1, 0.15) is 16.8 Å². The van der Waals surface area contributed by atoms with Gasteiger partial charge in [-0.25, -0.2) is 0 Å². The van der Waals surface area contributed by atoms with Gasteiger partial charge in [0.05, 0.1) is 22.2 Å². The Bertz CT molecular complexity index is 415. The molecule has 0 aliphatic heterocycles. The van der Waals surface area contributed by atoms with Crippen molar-refractivity contribution in [3.05, 3.63) is 33.8 Å². The second-order valence-electron chi connectivity index (χ2n) is 3.70. The number of halogens is 3. The van der Waals surface area contributed by atoms with Crippen molar-refractivity contribution >= 4 is 45.0 Å². The summed E-state index contributed by atoms with van der Waals surface area (Å²) in [6.45, 7) is 1.15. The van der Waals surface area contributed by atoms with Gasteiger partial charge >= 0.3 is 0 Å². The lowest BCUT2D eigenvalue weighted by molar-refractivity contribution is 0.0952. The maximum atomic E-state index is 11.9. The minimum Gasteiger partial charge on any atom is -0.384 e. The van der Waals surface area contributed by atoms with E-state index < -0.39 is 0 Å². The molecule has 18 heavy (non-hydrogen) atoms. The summed E-state index contributed by atoms with van der Waals surface area (Å²) in [5.41, 5.74) is 0.391. The molecule has 3 nitrogen and oxygen atoms in total. The van der Waals surface area contributed by atoms with Gasteiger partial charge in [-0.05, 0) is 18.6 Å². The first kappa shape index (κ1) is 15.8. The third kappa shape index (κ3) is 4.76. The van der Waals surface area contributed by atoms with Gasteiger partial charge < -0.3 is 10.1 Å². The molecule has 1 N–H and O–H groups in total. The SMILES string of the molecule is COCC(Br)CCNC(=O)c1cccc(Cl)c1Cl. The largest absolute Gasteiger partial charge is 0.384 e. The molecular weight excluding hydrogens is 341 g/mol. The van der Waals surface area contributed by atoms with E-state index in [0.717, 1.165) is 6.42 Å². The number of carbonyl (C=O) groups excluding carboxylic acids is 1. The first-order chi connectivity index (χ1) is 8.56. The molecule has 0 radical (unpaired) electrons. The van der Waals surface area contributed by atoms with E-state index in [9.17, 15) is 4.79 Å². The lowest BCUT2D eigenvalue weighted by atomic mass is 10.2. The normalized spacial score (nSPS) is 12.2. The number of alkyl halides is 1. The highest BCUT2D eigenvalue weighted by Gasteiger charge is 2.12. The number of hydrogen-bond donors (Lipinski definition) is 1. The van der Waals surface area contributed by atoms with Crippen LogP contribution in [0.4, 0.5) is 0 Å². The van der Waals surface area contributed by atoms with Crippen LogP contribution in [0.5, 0.6) is 0 Å². The van der Waals surface area contributed by atoms with Crippen LogP contribution >= 0.6 is 39.1 Å². The van der Waals surface area contributed by atoms with Gasteiger partial charge in [-0.15, -0.1) is 0 Å². The highest BCUT2D eigenvalue weighted by atomic mass is 79.9. The van der Waals surface area contributed by atoms with Crippen LogP contribution in [0.15, 0.2) is 18.2 Å². The molecule has 0 fully saturated rings. The maximum Gasteiger partial charge on any atom is 0.252 e. The molecule has 0 aliphatic carbocycles. The highest BCUT2D eigenvalue weighted by molar-refractivity contribution is 9.09. The third-order valence-electron chi connectivity index (χ3n) is 2.29. The summed E-state index contributed by atoms with van der Waals surface area (Å²) in [6.07, 6.45) is 0.776. The van der Waals surface area contributed by atoms with Crippen molar-refractivity contribution < 1.29 is 9.53 Å². The number of methoxy groups -OCH3 is 1. The van der Waals surface area contributed by atoms with Gasteiger partial charge in [0.25, 0.3) is 5.91 Å². The van der Waals surface area contributed by atoms with Crippen LogP contribution in [-0.2, 0) is 4.74 Å². The minimum atomic E-state index is -0.223. The van der Waals surface area contributed by atoms with Crippen molar-refractivity contribution in [1.82, 2.24) is 5.32 Å². The molecule has 1 amide bonds. The van der Waals surface area contributed by atoms with E-state index in [1.54, 1.807) is 25.3 Å². The molecule has 0 aliphatic rings. The lowest BCUT2D eigenvalue weighted by Crippen LogP contribution is -2.27. The Morgan fingerprint density at radius 3 is 2.89 bits per heavy atom. The van der Waals surface area contributed by atoms with E-state index >= 15 is 0 Å². The smallest absolute Gasteiger partial charge is 0.252 e. The Morgan fingerprint density at radius 2 is 2.22 bits per heavy atom. The van der Waals surface area contributed by atoms with Crippen LogP contribution in [0.3, 0.4) is 0 Å². The summed E-state index contributed by atoms with van der Waals surface area (Å²) < 4.78 is 4.98. The predicted octanol–water partition coefficient (Wildman–Crippen LogP) is 3.52. The number of hydrogen-bond acceptors (Lipinski definition) is 2. The van der Waals surface area contributed by atoms with Crippen LogP contribution < -0.4 is 5.32 Å². The number of rotatable bonds is 6. The molecule has 6 heteroatoms. The topological polar surface area (TPSA) is 38.3 Å². The van der Waals surface area contributed by atoms with E-state index in [2.05, 4.69) is 21.2 Å². The van der Waals surface area contributed by atoms with Crippen molar-refractivity contribution in [3.63, 3.8) is 0 Å². The second kappa shape index (κ2) is 8.00. The van der Waals surface area contributed by atoms with E-state index in [1.165, 1.54) is 0 Å². The second-order valence-corrected chi connectivity index (χ2v) is 5.78. The summed E-state index contributed by atoms with van der Waals surface area (Å²) in [5.74, 6) is -0.223. The van der Waals surface area contributed by atoms with Crippen LogP contribution in [-0.4, -0.2) is 31.0 Å². The molecule has 1 aromatic carbocycles. The van der Waals surface area contributed by atoms with E-state index in [0.29, 0.717) is 23.7 Å². The number of carbonyl (C=O) groups is 1. The maximum absolute atomic E-state index is 11.9. The number of amides is 1. The molecule has 100 valence electrons. The predicted molar refractivity (Wildman–Crippen MR) is 78.0 cm³/mol. The Hall–Kier alpha value is -0.290. The molecule has 1 unspecified atom stereocenters. The Labute approximate surface area is 125 Å². The van der Waals surface area contributed by atoms with Gasteiger partial charge in [0.1, 0.15) is 0 Å². The minimum absolute atomic E-state index is 0.220. The van der Waals surface area contributed by atoms with Crippen molar-refractivity contribution in [2.75, 3.05) is 20.3 Å². The molecule has 0 heterocycles. The molecule has 0 saturated heterocycles. The van der Waals surface area contributed by atoms with Gasteiger partial charge in [-0.1, -0.05) is 45.2 Å². The first-order valence-corrected chi connectivity index (χ1v) is 7.08. The Morgan fingerprint density at radius 1 is 1.50 bits per heavy atom. The standard InChI is InChI=1S/C12H14BrCl2NO2/c1-18-7-8(13)5-6-16-12(17)9-3-2-4-10(14)11(9)15/h2-4,8H,5-7H2,1H3,(H,16,17). The summed E-state index contributed by atoms with van der Waals surface area (Å²) in [7, 11) is 1.64. The van der Waals surface area contributed by atoms with Crippen LogP contribution in [0, 0.1) is 0 Å². The van der Waals surface area contributed by atoms with Crippen molar-refractivity contribution in [1.29, 1.82) is 0 Å². The fraction of sp³-hybridized carbons (Fsp3) is 0.417. The van der Waals surface area contributed by atoms with Gasteiger partial charge in [0, 0.05) is 18.5 Å². The van der Waals surface area contributed by atoms with Crippen LogP contribution in [0.2, 0.25) is 10.0 Å². The quantitative estimate of drug-likeness (QED) is 0.793. The van der Waals surface area contributed by atoms with E-state index in [1.807, 2.05) is 0 Å². The molecule has 1 atom stereocenters. The zero-order valence-corrected chi connectivity index (χ0v) is 13.0. The van der Waals surface area contributed by atoms with Crippen molar-refractivity contribution in [2.45, 2.75) is 11.2 Å². The third-order valence-corrected chi connectivity index (χ3v) is 3.83.